The minimum Gasteiger partial charge on any atom is -0.406 e. The van der Waals surface area contributed by atoms with Crippen LogP contribution in [0.15, 0.2) is 54.7 Å². The van der Waals surface area contributed by atoms with Crippen molar-refractivity contribution in [2.75, 3.05) is 6.54 Å². The monoisotopic (exact) mass is 470 g/mol. The quantitative estimate of drug-likeness (QED) is 0.429. The van der Waals surface area contributed by atoms with Crippen molar-refractivity contribution in [1.29, 1.82) is 0 Å². The van der Waals surface area contributed by atoms with Crippen LogP contribution in [-0.2, 0) is 6.54 Å². The van der Waals surface area contributed by atoms with Crippen molar-refractivity contribution < 1.29 is 22.7 Å². The lowest BCUT2D eigenvalue weighted by atomic mass is 9.65. The summed E-state index contributed by atoms with van der Waals surface area (Å²) in [6.07, 6.45) is 0.499. The number of benzene rings is 2. The van der Waals surface area contributed by atoms with Gasteiger partial charge in [0, 0.05) is 41.8 Å². The number of rotatable bonds is 4. The summed E-state index contributed by atoms with van der Waals surface area (Å²) >= 11 is 0. The van der Waals surface area contributed by atoms with Crippen LogP contribution in [0.25, 0.3) is 10.9 Å². The van der Waals surface area contributed by atoms with Crippen LogP contribution < -0.4 is 4.74 Å². The Labute approximate surface area is 197 Å². The number of amides is 1. The molecule has 1 aromatic heterocycles. The Hall–Kier alpha value is -2.96. The van der Waals surface area contributed by atoms with E-state index >= 15 is 0 Å². The number of ether oxygens (including phenoxy) is 1. The molecule has 2 bridgehead atoms. The van der Waals surface area contributed by atoms with Crippen LogP contribution in [0.2, 0.25) is 0 Å². The summed E-state index contributed by atoms with van der Waals surface area (Å²) in [6.45, 7) is 8.23. The summed E-state index contributed by atoms with van der Waals surface area (Å²) in [5.41, 5.74) is 2.97. The molecule has 34 heavy (non-hydrogen) atoms. The van der Waals surface area contributed by atoms with Crippen molar-refractivity contribution >= 4 is 16.8 Å². The Morgan fingerprint density at radius 2 is 1.79 bits per heavy atom. The van der Waals surface area contributed by atoms with Gasteiger partial charge in [0.15, 0.2) is 0 Å². The highest BCUT2D eigenvalue weighted by molar-refractivity contribution is 5.98. The van der Waals surface area contributed by atoms with Gasteiger partial charge in [-0.15, -0.1) is 13.2 Å². The number of alkyl halides is 3. The molecule has 180 valence electrons. The molecule has 1 saturated heterocycles. The minimum atomic E-state index is -4.70. The third kappa shape index (κ3) is 4.52. The van der Waals surface area contributed by atoms with Crippen LogP contribution >= 0.6 is 0 Å². The Bertz CT molecular complexity index is 1230. The summed E-state index contributed by atoms with van der Waals surface area (Å²) in [6, 6.07) is 13.9. The molecule has 2 aliphatic rings. The first-order valence-electron chi connectivity index (χ1n) is 11.6. The summed E-state index contributed by atoms with van der Waals surface area (Å²) in [5, 5.41) is 0.969. The number of hydrogen-bond donors (Lipinski definition) is 0. The van der Waals surface area contributed by atoms with E-state index in [2.05, 4.69) is 30.4 Å². The number of hydrogen-bond acceptors (Lipinski definition) is 2. The number of aromatic nitrogens is 1. The summed E-state index contributed by atoms with van der Waals surface area (Å²) in [5.74, 6) is -0.137. The Kier molecular flexibility index (Phi) is 5.22. The molecule has 1 saturated carbocycles. The topological polar surface area (TPSA) is 34.5 Å². The molecule has 0 N–H and O–H groups in total. The van der Waals surface area contributed by atoms with Gasteiger partial charge in [-0.05, 0) is 72.1 Å². The van der Waals surface area contributed by atoms with Gasteiger partial charge in [0.05, 0.1) is 0 Å². The van der Waals surface area contributed by atoms with Crippen LogP contribution in [0.5, 0.6) is 5.75 Å². The predicted octanol–water partition coefficient (Wildman–Crippen LogP) is 6.63. The Balaban J connectivity index is 1.33. The van der Waals surface area contributed by atoms with Crippen LogP contribution in [0, 0.1) is 10.8 Å². The normalized spacial score (nSPS) is 23.9. The first-order valence-corrected chi connectivity index (χ1v) is 11.6. The molecule has 1 amide bonds. The van der Waals surface area contributed by atoms with Gasteiger partial charge in [-0.1, -0.05) is 32.9 Å². The van der Waals surface area contributed by atoms with Crippen molar-refractivity contribution in [2.24, 2.45) is 10.8 Å². The molecule has 1 aliphatic carbocycles. The number of nitrogens with zero attached hydrogens (tertiary/aromatic N) is 2. The molecule has 0 radical (unpaired) electrons. The minimum absolute atomic E-state index is 0.0985. The number of fused-ring (bicyclic) bond motifs is 3. The fourth-order valence-electron chi connectivity index (χ4n) is 6.33. The molecule has 1 aliphatic heterocycles. The van der Waals surface area contributed by atoms with E-state index in [-0.39, 0.29) is 22.5 Å². The van der Waals surface area contributed by atoms with Crippen molar-refractivity contribution in [2.45, 2.75) is 59.0 Å². The second kappa shape index (κ2) is 7.79. The van der Waals surface area contributed by atoms with Crippen molar-refractivity contribution in [3.63, 3.8) is 0 Å². The van der Waals surface area contributed by atoms with E-state index in [1.807, 2.05) is 35.0 Å². The van der Waals surface area contributed by atoms with E-state index in [0.29, 0.717) is 18.2 Å². The molecule has 2 heterocycles. The van der Waals surface area contributed by atoms with Crippen LogP contribution in [0.4, 0.5) is 13.2 Å². The van der Waals surface area contributed by atoms with E-state index in [1.54, 1.807) is 12.1 Å². The summed E-state index contributed by atoms with van der Waals surface area (Å²) in [4.78, 5) is 15.5. The number of likely N-dealkylation sites (tertiary alicyclic amines) is 1. The van der Waals surface area contributed by atoms with E-state index in [9.17, 15) is 18.0 Å². The maximum atomic E-state index is 13.4. The zero-order valence-electron chi connectivity index (χ0n) is 19.7. The first kappa shape index (κ1) is 22.8. The highest BCUT2D eigenvalue weighted by Crippen LogP contribution is 2.52. The lowest BCUT2D eigenvalue weighted by Crippen LogP contribution is -2.37. The lowest BCUT2D eigenvalue weighted by molar-refractivity contribution is -0.274. The number of carbonyl (C=O) groups is 1. The van der Waals surface area contributed by atoms with Gasteiger partial charge in [0.25, 0.3) is 5.91 Å². The highest BCUT2D eigenvalue weighted by atomic mass is 19.4. The SMILES string of the molecule is CC1(C)CC2CC(C)(CN2C(=O)c2ccc3c(ccn3Cc3ccc(OC(F)(F)F)cc3)c2)C1. The molecule has 2 aromatic carbocycles. The molecular formula is C27H29F3N2O2. The average Bonchev–Trinajstić information content (AvgIpc) is 3.24. The van der Waals surface area contributed by atoms with E-state index < -0.39 is 6.36 Å². The van der Waals surface area contributed by atoms with Crippen LogP contribution in [-0.4, -0.2) is 34.3 Å². The van der Waals surface area contributed by atoms with E-state index in [0.717, 1.165) is 42.3 Å². The molecule has 2 unspecified atom stereocenters. The summed E-state index contributed by atoms with van der Waals surface area (Å²) < 4.78 is 43.1. The Morgan fingerprint density at radius 1 is 1.06 bits per heavy atom. The third-order valence-electron chi connectivity index (χ3n) is 7.20. The van der Waals surface area contributed by atoms with Crippen molar-refractivity contribution in [3.05, 3.63) is 65.9 Å². The first-order chi connectivity index (χ1) is 15.9. The maximum Gasteiger partial charge on any atom is 0.573 e. The van der Waals surface area contributed by atoms with Crippen LogP contribution in [0.3, 0.4) is 0 Å². The van der Waals surface area contributed by atoms with E-state index in [1.165, 1.54) is 12.1 Å². The van der Waals surface area contributed by atoms with Crippen molar-refractivity contribution in [3.8, 4) is 5.75 Å². The van der Waals surface area contributed by atoms with E-state index in [4.69, 9.17) is 0 Å². The zero-order chi connectivity index (χ0) is 24.3. The second-order valence-corrected chi connectivity index (χ2v) is 11.1. The second-order valence-electron chi connectivity index (χ2n) is 11.1. The smallest absolute Gasteiger partial charge is 0.406 e. The van der Waals surface area contributed by atoms with Gasteiger partial charge >= 0.3 is 6.36 Å². The third-order valence-corrected chi connectivity index (χ3v) is 7.20. The lowest BCUT2D eigenvalue weighted by Gasteiger charge is -2.39. The molecule has 5 rings (SSSR count). The highest BCUT2D eigenvalue weighted by Gasteiger charge is 2.51. The summed E-state index contributed by atoms with van der Waals surface area (Å²) in [7, 11) is 0. The zero-order valence-corrected chi connectivity index (χ0v) is 19.7. The molecule has 7 heteroatoms. The van der Waals surface area contributed by atoms with Gasteiger partial charge in [-0.3, -0.25) is 4.79 Å². The molecule has 2 atom stereocenters. The van der Waals surface area contributed by atoms with Crippen LogP contribution in [0.1, 0.15) is 56.0 Å². The number of halogens is 3. The molecule has 2 fully saturated rings. The fraction of sp³-hybridized carbons (Fsp3) is 0.444. The number of carbonyl (C=O) groups excluding carboxylic acids is 1. The standard InChI is InChI=1S/C27H29F3N2O2/c1-25(2)13-21-14-26(3,16-25)17-32(21)24(33)20-6-9-23-19(12-20)10-11-31(23)15-18-4-7-22(8-5-18)34-27(28,29)30/h4-12,21H,13-17H2,1-3H3. The van der Waals surface area contributed by atoms with Crippen molar-refractivity contribution in [1.82, 2.24) is 9.47 Å². The molecule has 0 spiro atoms. The largest absolute Gasteiger partial charge is 0.573 e. The van der Waals surface area contributed by atoms with Gasteiger partial charge in [-0.2, -0.15) is 0 Å². The van der Waals surface area contributed by atoms with Gasteiger partial charge in [0.2, 0.25) is 0 Å². The predicted molar refractivity (Wildman–Crippen MR) is 125 cm³/mol. The fourth-order valence-corrected chi connectivity index (χ4v) is 6.33. The average molecular weight is 471 g/mol. The molecular weight excluding hydrogens is 441 g/mol. The maximum absolute atomic E-state index is 13.4. The Morgan fingerprint density at radius 3 is 2.50 bits per heavy atom. The molecule has 4 nitrogen and oxygen atoms in total. The molecule has 3 aromatic rings. The van der Waals surface area contributed by atoms with Gasteiger partial charge < -0.3 is 14.2 Å². The van der Waals surface area contributed by atoms with Gasteiger partial charge in [-0.25, -0.2) is 0 Å². The van der Waals surface area contributed by atoms with Gasteiger partial charge in [0.1, 0.15) is 5.75 Å².